The van der Waals surface area contributed by atoms with Crippen molar-refractivity contribution < 1.29 is 4.79 Å². The topological polar surface area (TPSA) is 58.4 Å². The Morgan fingerprint density at radius 2 is 2.00 bits per heavy atom. The van der Waals surface area contributed by atoms with E-state index in [4.69, 9.17) is 5.73 Å². The van der Waals surface area contributed by atoms with Crippen molar-refractivity contribution in [1.29, 1.82) is 0 Å². The zero-order valence-corrected chi connectivity index (χ0v) is 12.5. The van der Waals surface area contributed by atoms with Gasteiger partial charge >= 0.3 is 6.03 Å². The van der Waals surface area contributed by atoms with Crippen LogP contribution in [-0.2, 0) is 6.54 Å². The molecule has 0 saturated carbocycles. The van der Waals surface area contributed by atoms with Crippen molar-refractivity contribution in [2.24, 2.45) is 0 Å². The number of carbonyl (C=O) groups excluding carboxylic acids is 1. The highest BCUT2D eigenvalue weighted by Crippen LogP contribution is 2.13. The molecule has 0 fully saturated rings. The molecule has 1 aromatic rings. The lowest BCUT2D eigenvalue weighted by Gasteiger charge is -2.31. The molecule has 4 heteroatoms. The smallest absolute Gasteiger partial charge is 0.318 e. The number of hydrogen-bond donors (Lipinski definition) is 2. The zero-order valence-electron chi connectivity index (χ0n) is 12.5. The number of nitrogen functional groups attached to an aromatic ring is 1. The number of anilines is 1. The Hall–Kier alpha value is -1.71. The van der Waals surface area contributed by atoms with Crippen LogP contribution in [0.1, 0.15) is 40.2 Å². The first-order valence-corrected chi connectivity index (χ1v) is 6.62. The number of nitrogens with two attached hydrogens (primary N) is 1. The van der Waals surface area contributed by atoms with E-state index in [0.29, 0.717) is 6.54 Å². The summed E-state index contributed by atoms with van der Waals surface area (Å²) in [6.07, 6.45) is 0. The van der Waals surface area contributed by atoms with Crippen molar-refractivity contribution in [2.45, 2.75) is 52.7 Å². The van der Waals surface area contributed by atoms with Crippen LogP contribution >= 0.6 is 0 Å². The van der Waals surface area contributed by atoms with E-state index < -0.39 is 0 Å². The monoisotopic (exact) mass is 263 g/mol. The second-order valence-corrected chi connectivity index (χ2v) is 6.15. The molecule has 0 aliphatic rings. The van der Waals surface area contributed by atoms with Crippen LogP contribution in [0.4, 0.5) is 10.5 Å². The molecule has 3 N–H and O–H groups in total. The number of urea groups is 1. The highest BCUT2D eigenvalue weighted by Gasteiger charge is 2.21. The van der Waals surface area contributed by atoms with Crippen LogP contribution in [0, 0.1) is 0 Å². The Morgan fingerprint density at radius 3 is 2.47 bits per heavy atom. The molecular formula is C15H25N3O. The number of carbonyl (C=O) groups is 1. The molecule has 0 spiro atoms. The quantitative estimate of drug-likeness (QED) is 0.824. The van der Waals surface area contributed by atoms with Crippen molar-refractivity contribution in [3.05, 3.63) is 29.8 Å². The lowest BCUT2D eigenvalue weighted by molar-refractivity contribution is 0.171. The molecule has 0 radical (unpaired) electrons. The number of nitrogens with zero attached hydrogens (tertiary/aromatic N) is 1. The summed E-state index contributed by atoms with van der Waals surface area (Å²) in [6, 6.07) is 7.72. The van der Waals surface area contributed by atoms with Gasteiger partial charge < -0.3 is 16.0 Å². The second-order valence-electron chi connectivity index (χ2n) is 6.15. The molecule has 1 rings (SSSR count). The Labute approximate surface area is 116 Å². The molecule has 4 nitrogen and oxygen atoms in total. The van der Waals surface area contributed by atoms with Gasteiger partial charge in [0, 0.05) is 23.8 Å². The summed E-state index contributed by atoms with van der Waals surface area (Å²) in [7, 11) is 0. The van der Waals surface area contributed by atoms with Crippen molar-refractivity contribution in [1.82, 2.24) is 10.2 Å². The van der Waals surface area contributed by atoms with Crippen molar-refractivity contribution in [3.8, 4) is 0 Å². The van der Waals surface area contributed by atoms with Gasteiger partial charge in [-0.25, -0.2) is 4.79 Å². The second kappa shape index (κ2) is 5.95. The molecule has 0 aromatic heterocycles. The summed E-state index contributed by atoms with van der Waals surface area (Å²) in [5, 5.41) is 2.99. The summed E-state index contributed by atoms with van der Waals surface area (Å²) in [5.41, 5.74) is 7.29. The van der Waals surface area contributed by atoms with Crippen LogP contribution in [0.2, 0.25) is 0 Å². The van der Waals surface area contributed by atoms with Crippen LogP contribution in [0.3, 0.4) is 0 Å². The van der Waals surface area contributed by atoms with Crippen molar-refractivity contribution >= 4 is 11.7 Å². The minimum Gasteiger partial charge on any atom is -0.399 e. The van der Waals surface area contributed by atoms with Gasteiger partial charge in [-0.3, -0.25) is 0 Å². The van der Waals surface area contributed by atoms with Crippen LogP contribution < -0.4 is 11.1 Å². The molecule has 2 amide bonds. The highest BCUT2D eigenvalue weighted by molar-refractivity contribution is 5.75. The maximum Gasteiger partial charge on any atom is 0.318 e. The Morgan fingerprint density at radius 1 is 1.37 bits per heavy atom. The lowest BCUT2D eigenvalue weighted by Crippen LogP contribution is -2.50. The van der Waals surface area contributed by atoms with E-state index in [2.05, 4.69) is 5.32 Å². The van der Waals surface area contributed by atoms with E-state index in [1.807, 2.05) is 58.9 Å². The molecule has 0 bridgehead atoms. The number of benzene rings is 1. The van der Waals surface area contributed by atoms with Gasteiger partial charge in [0.05, 0.1) is 0 Å². The average Bonchev–Trinajstić information content (AvgIpc) is 2.23. The number of hydrogen-bond acceptors (Lipinski definition) is 2. The van der Waals surface area contributed by atoms with Crippen molar-refractivity contribution in [3.63, 3.8) is 0 Å². The van der Waals surface area contributed by atoms with Crippen molar-refractivity contribution in [2.75, 3.05) is 5.73 Å². The van der Waals surface area contributed by atoms with E-state index in [-0.39, 0.29) is 17.6 Å². The maximum absolute atomic E-state index is 12.3. The minimum atomic E-state index is -0.236. The number of amides is 2. The largest absolute Gasteiger partial charge is 0.399 e. The van der Waals surface area contributed by atoms with Crippen LogP contribution in [-0.4, -0.2) is 22.5 Å². The van der Waals surface area contributed by atoms with E-state index in [1.165, 1.54) is 0 Å². The molecule has 0 heterocycles. The Bertz CT molecular complexity index is 435. The lowest BCUT2D eigenvalue weighted by atomic mass is 10.1. The third-order valence-corrected chi connectivity index (χ3v) is 2.67. The van der Waals surface area contributed by atoms with Crippen LogP contribution in [0.5, 0.6) is 0 Å². The van der Waals surface area contributed by atoms with Gasteiger partial charge in [-0.1, -0.05) is 12.1 Å². The molecule has 19 heavy (non-hydrogen) atoms. The maximum atomic E-state index is 12.3. The fourth-order valence-electron chi connectivity index (χ4n) is 1.77. The first-order valence-electron chi connectivity index (χ1n) is 6.62. The van der Waals surface area contributed by atoms with Gasteiger partial charge in [-0.05, 0) is 52.3 Å². The van der Waals surface area contributed by atoms with E-state index in [1.54, 1.807) is 4.90 Å². The molecule has 0 aliphatic carbocycles. The van der Waals surface area contributed by atoms with Gasteiger partial charge in [0.25, 0.3) is 0 Å². The minimum absolute atomic E-state index is 0.0510. The van der Waals surface area contributed by atoms with E-state index in [0.717, 1.165) is 11.3 Å². The average molecular weight is 263 g/mol. The predicted octanol–water partition coefficient (Wildman–Crippen LogP) is 2.99. The standard InChI is InChI=1S/C15H25N3O/c1-11(2)18(14(19)17-15(3,4)5)10-12-7-6-8-13(16)9-12/h6-9,11H,10,16H2,1-5H3,(H,17,19). The summed E-state index contributed by atoms with van der Waals surface area (Å²) < 4.78 is 0. The van der Waals surface area contributed by atoms with E-state index >= 15 is 0 Å². The summed E-state index contributed by atoms with van der Waals surface area (Å²) in [4.78, 5) is 14.1. The van der Waals surface area contributed by atoms with Gasteiger partial charge in [0.2, 0.25) is 0 Å². The molecule has 1 aromatic carbocycles. The summed E-state index contributed by atoms with van der Waals surface area (Å²) in [6.45, 7) is 10.5. The molecule has 106 valence electrons. The molecule has 0 saturated heterocycles. The number of rotatable bonds is 3. The number of nitrogens with one attached hydrogen (secondary N) is 1. The summed E-state index contributed by atoms with van der Waals surface area (Å²) >= 11 is 0. The first-order chi connectivity index (χ1) is 8.69. The van der Waals surface area contributed by atoms with Gasteiger partial charge in [-0.15, -0.1) is 0 Å². The van der Waals surface area contributed by atoms with Gasteiger partial charge in [0.15, 0.2) is 0 Å². The normalized spacial score (nSPS) is 11.5. The fourth-order valence-corrected chi connectivity index (χ4v) is 1.77. The molecule has 0 atom stereocenters. The van der Waals surface area contributed by atoms with Crippen LogP contribution in [0.25, 0.3) is 0 Å². The molecule has 0 unspecified atom stereocenters. The molecule has 0 aliphatic heterocycles. The van der Waals surface area contributed by atoms with Crippen LogP contribution in [0.15, 0.2) is 24.3 Å². The first kappa shape index (κ1) is 15.3. The molecular weight excluding hydrogens is 238 g/mol. The van der Waals surface area contributed by atoms with E-state index in [9.17, 15) is 4.79 Å². The summed E-state index contributed by atoms with van der Waals surface area (Å²) in [5.74, 6) is 0. The Kier molecular flexibility index (Phi) is 4.81. The Balaban J connectivity index is 2.81. The zero-order chi connectivity index (χ0) is 14.6. The third-order valence-electron chi connectivity index (χ3n) is 2.67. The predicted molar refractivity (Wildman–Crippen MR) is 79.8 cm³/mol. The third kappa shape index (κ3) is 5.20. The SMILES string of the molecule is CC(C)N(Cc1cccc(N)c1)C(=O)NC(C)(C)C. The van der Waals surface area contributed by atoms with Gasteiger partial charge in [0.1, 0.15) is 0 Å². The highest BCUT2D eigenvalue weighted by atomic mass is 16.2. The fraction of sp³-hybridized carbons (Fsp3) is 0.533. The van der Waals surface area contributed by atoms with Gasteiger partial charge in [-0.2, -0.15) is 0 Å².